The van der Waals surface area contributed by atoms with Crippen LogP contribution in [-0.2, 0) is 0 Å². The lowest BCUT2D eigenvalue weighted by Gasteiger charge is -2.49. The van der Waals surface area contributed by atoms with Crippen molar-refractivity contribution in [3.05, 3.63) is 0 Å². The van der Waals surface area contributed by atoms with E-state index in [4.69, 9.17) is 11.5 Å². The molecule has 1 aliphatic rings. The number of hydrogen-bond acceptors (Lipinski definition) is 2. The minimum Gasteiger partial charge on any atom is -0.330 e. The number of nitrogens with two attached hydrogens (primary N) is 2. The summed E-state index contributed by atoms with van der Waals surface area (Å²) in [5, 5.41) is 0. The molecule has 0 saturated heterocycles. The Bertz CT molecular complexity index is 173. The molecule has 2 heteroatoms. The molecule has 1 saturated carbocycles. The zero-order chi connectivity index (χ0) is 11.5. The predicted molar refractivity (Wildman–Crippen MR) is 66.6 cm³/mol. The molecule has 15 heavy (non-hydrogen) atoms. The number of rotatable bonds is 4. The van der Waals surface area contributed by atoms with Crippen LogP contribution in [0, 0.1) is 10.8 Å². The van der Waals surface area contributed by atoms with Crippen molar-refractivity contribution in [2.75, 3.05) is 6.54 Å². The molecule has 0 spiro atoms. The van der Waals surface area contributed by atoms with Crippen LogP contribution in [0.25, 0.3) is 0 Å². The second-order valence-corrected chi connectivity index (χ2v) is 5.61. The van der Waals surface area contributed by atoms with E-state index in [1.807, 2.05) is 0 Å². The van der Waals surface area contributed by atoms with Crippen molar-refractivity contribution >= 4 is 0 Å². The second kappa shape index (κ2) is 4.84. The fourth-order valence-corrected chi connectivity index (χ4v) is 3.48. The molecular formula is C13H28N2. The summed E-state index contributed by atoms with van der Waals surface area (Å²) in [6.07, 6.45) is 7.29. The molecule has 1 fully saturated rings. The molecule has 0 amide bonds. The van der Waals surface area contributed by atoms with Crippen molar-refractivity contribution in [3.63, 3.8) is 0 Å². The molecule has 0 aromatic heterocycles. The average molecular weight is 212 g/mol. The van der Waals surface area contributed by atoms with Crippen molar-refractivity contribution in [1.82, 2.24) is 0 Å². The molecule has 1 rings (SSSR count). The van der Waals surface area contributed by atoms with Gasteiger partial charge >= 0.3 is 0 Å². The van der Waals surface area contributed by atoms with Crippen LogP contribution < -0.4 is 11.5 Å². The van der Waals surface area contributed by atoms with Gasteiger partial charge in [-0.25, -0.2) is 0 Å². The third-order valence-electron chi connectivity index (χ3n) is 4.82. The fraction of sp³-hybridized carbons (Fsp3) is 1.00. The van der Waals surface area contributed by atoms with Gasteiger partial charge in [0.2, 0.25) is 0 Å². The predicted octanol–water partition coefficient (Wildman–Crippen LogP) is 2.66. The molecule has 0 aromatic rings. The zero-order valence-corrected chi connectivity index (χ0v) is 10.7. The summed E-state index contributed by atoms with van der Waals surface area (Å²) in [5.74, 6) is 0. The van der Waals surface area contributed by atoms with Crippen LogP contribution in [0.4, 0.5) is 0 Å². The lowest BCUT2D eigenvalue weighted by Crippen LogP contribution is -2.48. The maximum absolute atomic E-state index is 6.23. The second-order valence-electron chi connectivity index (χ2n) is 5.61. The van der Waals surface area contributed by atoms with E-state index in [2.05, 4.69) is 20.8 Å². The van der Waals surface area contributed by atoms with Gasteiger partial charge in [0.05, 0.1) is 0 Å². The average Bonchev–Trinajstić information content (AvgIpc) is 2.28. The normalized spacial score (nSPS) is 35.4. The summed E-state index contributed by atoms with van der Waals surface area (Å²) >= 11 is 0. The zero-order valence-electron chi connectivity index (χ0n) is 10.7. The van der Waals surface area contributed by atoms with E-state index in [1.165, 1.54) is 32.1 Å². The summed E-state index contributed by atoms with van der Waals surface area (Å²) in [6.45, 7) is 7.68. The molecule has 0 aromatic carbocycles. The molecule has 0 aliphatic heterocycles. The van der Waals surface area contributed by atoms with Gasteiger partial charge in [0.25, 0.3) is 0 Å². The van der Waals surface area contributed by atoms with E-state index in [0.29, 0.717) is 16.9 Å². The van der Waals surface area contributed by atoms with Crippen molar-refractivity contribution in [3.8, 4) is 0 Å². The van der Waals surface area contributed by atoms with E-state index in [1.54, 1.807) is 0 Å². The van der Waals surface area contributed by atoms with Gasteiger partial charge in [-0.1, -0.05) is 33.6 Å². The Kier molecular flexibility index (Phi) is 4.19. The molecule has 2 atom stereocenters. The number of hydrogen-bond donors (Lipinski definition) is 2. The smallest absolute Gasteiger partial charge is 0.00498 e. The lowest BCUT2D eigenvalue weighted by atomic mass is 9.57. The molecule has 90 valence electrons. The third kappa shape index (κ3) is 2.54. The highest BCUT2D eigenvalue weighted by molar-refractivity contribution is 4.97. The van der Waals surface area contributed by atoms with Gasteiger partial charge in [0.1, 0.15) is 0 Å². The van der Waals surface area contributed by atoms with Crippen LogP contribution in [0.3, 0.4) is 0 Å². The Balaban J connectivity index is 2.87. The SMILES string of the molecule is CCC1(CC)CC(N)CC(CC)(CN)C1. The van der Waals surface area contributed by atoms with Gasteiger partial charge in [0, 0.05) is 6.04 Å². The molecule has 0 radical (unpaired) electrons. The van der Waals surface area contributed by atoms with Gasteiger partial charge in [-0.15, -0.1) is 0 Å². The summed E-state index contributed by atoms with van der Waals surface area (Å²) < 4.78 is 0. The van der Waals surface area contributed by atoms with Gasteiger partial charge in [0.15, 0.2) is 0 Å². The monoisotopic (exact) mass is 212 g/mol. The quantitative estimate of drug-likeness (QED) is 0.752. The fourth-order valence-electron chi connectivity index (χ4n) is 3.48. The van der Waals surface area contributed by atoms with Crippen LogP contribution >= 0.6 is 0 Å². The first-order chi connectivity index (χ1) is 7.05. The summed E-state index contributed by atoms with van der Waals surface area (Å²) in [4.78, 5) is 0. The lowest BCUT2D eigenvalue weighted by molar-refractivity contribution is 0.0390. The Labute approximate surface area is 94.8 Å². The Morgan fingerprint density at radius 2 is 1.47 bits per heavy atom. The van der Waals surface area contributed by atoms with Crippen molar-refractivity contribution in [2.24, 2.45) is 22.3 Å². The minimum absolute atomic E-state index is 0.323. The van der Waals surface area contributed by atoms with Crippen molar-refractivity contribution < 1.29 is 0 Å². The highest BCUT2D eigenvalue weighted by atomic mass is 14.7. The summed E-state index contributed by atoms with van der Waals surface area (Å²) in [6, 6.07) is 0.363. The topological polar surface area (TPSA) is 52.0 Å². The van der Waals surface area contributed by atoms with Crippen molar-refractivity contribution in [1.29, 1.82) is 0 Å². The molecule has 2 nitrogen and oxygen atoms in total. The first kappa shape index (κ1) is 13.0. The maximum Gasteiger partial charge on any atom is 0.00498 e. The van der Waals surface area contributed by atoms with E-state index in [9.17, 15) is 0 Å². The third-order valence-corrected chi connectivity index (χ3v) is 4.82. The van der Waals surface area contributed by atoms with Crippen LogP contribution in [0.5, 0.6) is 0 Å². The van der Waals surface area contributed by atoms with Crippen molar-refractivity contribution in [2.45, 2.75) is 65.3 Å². The largest absolute Gasteiger partial charge is 0.330 e. The van der Waals surface area contributed by atoms with E-state index in [0.717, 1.165) is 13.0 Å². The first-order valence-corrected chi connectivity index (χ1v) is 6.51. The van der Waals surface area contributed by atoms with E-state index < -0.39 is 0 Å². The van der Waals surface area contributed by atoms with Crippen LogP contribution in [0.1, 0.15) is 59.3 Å². The first-order valence-electron chi connectivity index (χ1n) is 6.51. The summed E-state index contributed by atoms with van der Waals surface area (Å²) in [5.41, 5.74) is 13.0. The van der Waals surface area contributed by atoms with Gasteiger partial charge in [-0.2, -0.15) is 0 Å². The molecule has 4 N–H and O–H groups in total. The highest BCUT2D eigenvalue weighted by Crippen LogP contribution is 2.50. The molecule has 1 aliphatic carbocycles. The van der Waals surface area contributed by atoms with Crippen LogP contribution in [0.15, 0.2) is 0 Å². The Morgan fingerprint density at radius 3 is 1.87 bits per heavy atom. The molecule has 2 unspecified atom stereocenters. The van der Waals surface area contributed by atoms with Gasteiger partial charge < -0.3 is 11.5 Å². The Hall–Kier alpha value is -0.0800. The van der Waals surface area contributed by atoms with Gasteiger partial charge in [-0.3, -0.25) is 0 Å². The molecule has 0 heterocycles. The molecule has 0 bridgehead atoms. The standard InChI is InChI=1S/C13H28N2/c1-4-12(5-2)7-11(15)8-13(6-3,9-12)10-14/h11H,4-10,14-15H2,1-3H3. The maximum atomic E-state index is 6.23. The molecular weight excluding hydrogens is 184 g/mol. The van der Waals surface area contributed by atoms with E-state index in [-0.39, 0.29) is 0 Å². The summed E-state index contributed by atoms with van der Waals surface area (Å²) in [7, 11) is 0. The Morgan fingerprint density at radius 1 is 1.00 bits per heavy atom. The van der Waals surface area contributed by atoms with Crippen LogP contribution in [0.2, 0.25) is 0 Å². The van der Waals surface area contributed by atoms with Crippen LogP contribution in [-0.4, -0.2) is 12.6 Å². The van der Waals surface area contributed by atoms with E-state index >= 15 is 0 Å². The minimum atomic E-state index is 0.323. The van der Waals surface area contributed by atoms with Gasteiger partial charge in [-0.05, 0) is 43.1 Å². The highest BCUT2D eigenvalue weighted by Gasteiger charge is 2.43.